The minimum Gasteiger partial charge on any atom is -0.456 e. The summed E-state index contributed by atoms with van der Waals surface area (Å²) in [5.74, 6) is -0.234. The van der Waals surface area contributed by atoms with E-state index in [2.05, 4.69) is 27.4 Å². The van der Waals surface area contributed by atoms with E-state index in [1.807, 2.05) is 0 Å². The van der Waals surface area contributed by atoms with Crippen LogP contribution in [0.5, 0.6) is 0 Å². The van der Waals surface area contributed by atoms with Crippen LogP contribution in [-0.2, 0) is 9.53 Å². The Bertz CT molecular complexity index is 440. The van der Waals surface area contributed by atoms with Crippen LogP contribution in [0.4, 0.5) is 0 Å². The highest BCUT2D eigenvalue weighted by atomic mass is 16.5. The average Bonchev–Trinajstić information content (AvgIpc) is 2.80. The van der Waals surface area contributed by atoms with Gasteiger partial charge in [0.15, 0.2) is 0 Å². The van der Waals surface area contributed by atoms with Crippen LogP contribution in [0.2, 0.25) is 0 Å². The van der Waals surface area contributed by atoms with Crippen LogP contribution in [0.15, 0.2) is 12.2 Å². The zero-order valence-corrected chi connectivity index (χ0v) is 23.2. The summed E-state index contributed by atoms with van der Waals surface area (Å²) in [6, 6.07) is 0. The van der Waals surface area contributed by atoms with Gasteiger partial charge in [0.25, 0.3) is 0 Å². The van der Waals surface area contributed by atoms with Crippen LogP contribution >= 0.6 is 0 Å². The van der Waals surface area contributed by atoms with Crippen molar-refractivity contribution in [1.82, 2.24) is 0 Å². The molecule has 0 heterocycles. The van der Waals surface area contributed by atoms with Crippen molar-refractivity contribution in [1.29, 1.82) is 0 Å². The van der Waals surface area contributed by atoms with Crippen molar-refractivity contribution in [2.75, 3.05) is 32.8 Å². The van der Waals surface area contributed by atoms with Gasteiger partial charge in [-0.05, 0) is 39.0 Å². The van der Waals surface area contributed by atoms with E-state index >= 15 is 0 Å². The molecule has 0 saturated heterocycles. The van der Waals surface area contributed by atoms with Gasteiger partial charge in [-0.3, -0.25) is 0 Å². The Morgan fingerprint density at radius 3 is 1.33 bits per heavy atom. The number of ether oxygens (including phenoxy) is 1. The minimum absolute atomic E-state index is 0.234. The number of hydrogen-bond acceptors (Lipinski definition) is 2. The maximum Gasteiger partial charge on any atom is 0.333 e. The predicted molar refractivity (Wildman–Crippen MR) is 146 cm³/mol. The third kappa shape index (κ3) is 19.2. The Hall–Kier alpha value is -0.830. The van der Waals surface area contributed by atoms with Crippen LogP contribution in [0.3, 0.4) is 0 Å². The molecule has 196 valence electrons. The topological polar surface area (TPSA) is 26.3 Å². The summed E-state index contributed by atoms with van der Waals surface area (Å²) in [7, 11) is 0. The van der Waals surface area contributed by atoms with E-state index < -0.39 is 0 Å². The average molecular weight is 467 g/mol. The Kier molecular flexibility index (Phi) is 22.4. The van der Waals surface area contributed by atoms with E-state index in [4.69, 9.17) is 4.74 Å². The molecular formula is C30H60NO2+. The van der Waals surface area contributed by atoms with Gasteiger partial charge in [-0.15, -0.1) is 0 Å². The molecule has 0 amide bonds. The number of carbonyl (C=O) groups excluding carboxylic acids is 1. The predicted octanol–water partition coefficient (Wildman–Crippen LogP) is 9.00. The first-order valence-electron chi connectivity index (χ1n) is 14.7. The fraction of sp³-hybridized carbons (Fsp3) is 0.900. The highest BCUT2D eigenvalue weighted by Crippen LogP contribution is 2.18. The molecule has 0 radical (unpaired) electrons. The van der Waals surface area contributed by atoms with Crippen molar-refractivity contribution in [3.05, 3.63) is 12.2 Å². The number of rotatable bonds is 25. The molecule has 0 spiro atoms. The van der Waals surface area contributed by atoms with Gasteiger partial charge >= 0.3 is 5.97 Å². The van der Waals surface area contributed by atoms with Crippen molar-refractivity contribution >= 4 is 5.97 Å². The summed E-state index contributed by atoms with van der Waals surface area (Å²) in [5.41, 5.74) is 0.507. The van der Waals surface area contributed by atoms with Crippen LogP contribution in [0, 0.1) is 0 Å². The number of carbonyl (C=O) groups is 1. The summed E-state index contributed by atoms with van der Waals surface area (Å²) < 4.78 is 6.69. The summed E-state index contributed by atoms with van der Waals surface area (Å²) in [5, 5.41) is 0. The van der Waals surface area contributed by atoms with Gasteiger partial charge in [0.2, 0.25) is 0 Å². The van der Waals surface area contributed by atoms with Gasteiger partial charge in [-0.2, -0.15) is 0 Å². The quantitative estimate of drug-likeness (QED) is 0.0580. The fourth-order valence-corrected chi connectivity index (χ4v) is 4.78. The van der Waals surface area contributed by atoms with Crippen molar-refractivity contribution < 1.29 is 14.0 Å². The molecule has 0 saturated carbocycles. The third-order valence-electron chi connectivity index (χ3n) is 7.11. The second-order valence-electron chi connectivity index (χ2n) is 10.5. The standard InChI is InChI=1S/C30H60NO2/c1-6-9-12-14-16-18-20-22-25-31(24-11-8-3,27-28-33-30(32)29(4)5)26-23-21-19-17-15-13-10-7-2/h4,6-28H2,1-3,5H3/q+1. The van der Waals surface area contributed by atoms with E-state index in [-0.39, 0.29) is 5.97 Å². The smallest absolute Gasteiger partial charge is 0.333 e. The molecule has 33 heavy (non-hydrogen) atoms. The molecule has 0 aromatic heterocycles. The fourth-order valence-electron chi connectivity index (χ4n) is 4.78. The van der Waals surface area contributed by atoms with E-state index in [1.54, 1.807) is 6.92 Å². The Labute approximate surface area is 208 Å². The van der Waals surface area contributed by atoms with Gasteiger partial charge in [-0.25, -0.2) is 4.79 Å². The zero-order chi connectivity index (χ0) is 24.6. The lowest BCUT2D eigenvalue weighted by atomic mass is 10.1. The lowest BCUT2D eigenvalue weighted by Gasteiger charge is -2.39. The molecule has 0 fully saturated rings. The second-order valence-corrected chi connectivity index (χ2v) is 10.5. The van der Waals surface area contributed by atoms with Crippen molar-refractivity contribution in [3.63, 3.8) is 0 Å². The Balaban J connectivity index is 4.64. The molecule has 0 aliphatic heterocycles. The maximum absolute atomic E-state index is 11.9. The monoisotopic (exact) mass is 466 g/mol. The molecule has 0 bridgehead atoms. The number of quaternary nitrogens is 1. The molecule has 0 aromatic carbocycles. The van der Waals surface area contributed by atoms with E-state index in [0.717, 1.165) is 11.0 Å². The molecule has 3 heteroatoms. The maximum atomic E-state index is 11.9. The summed E-state index contributed by atoms with van der Waals surface area (Å²) >= 11 is 0. The molecule has 0 aromatic rings. The number of esters is 1. The zero-order valence-electron chi connectivity index (χ0n) is 23.2. The number of nitrogens with zero attached hydrogens (tertiary/aromatic N) is 1. The van der Waals surface area contributed by atoms with Gasteiger partial charge in [0.05, 0.1) is 19.6 Å². The van der Waals surface area contributed by atoms with Crippen LogP contribution in [0.25, 0.3) is 0 Å². The number of unbranched alkanes of at least 4 members (excludes halogenated alkanes) is 15. The van der Waals surface area contributed by atoms with Crippen LogP contribution in [-0.4, -0.2) is 43.2 Å². The summed E-state index contributed by atoms with van der Waals surface area (Å²) in [6.45, 7) is 17.6. The molecule has 0 aliphatic carbocycles. The van der Waals surface area contributed by atoms with Gasteiger partial charge < -0.3 is 9.22 Å². The molecule has 0 atom stereocenters. The molecule has 0 unspecified atom stereocenters. The molecule has 0 aliphatic rings. The van der Waals surface area contributed by atoms with Gasteiger partial charge in [0.1, 0.15) is 13.2 Å². The van der Waals surface area contributed by atoms with E-state index in [1.165, 1.54) is 135 Å². The largest absolute Gasteiger partial charge is 0.456 e. The van der Waals surface area contributed by atoms with Gasteiger partial charge in [-0.1, -0.05) is 111 Å². The van der Waals surface area contributed by atoms with Crippen LogP contribution < -0.4 is 0 Å². The summed E-state index contributed by atoms with van der Waals surface area (Å²) in [4.78, 5) is 11.9. The molecule has 0 N–H and O–H groups in total. The third-order valence-corrected chi connectivity index (χ3v) is 7.11. The highest BCUT2D eigenvalue weighted by Gasteiger charge is 2.26. The van der Waals surface area contributed by atoms with E-state index in [0.29, 0.717) is 12.2 Å². The molecule has 3 nitrogen and oxygen atoms in total. The lowest BCUT2D eigenvalue weighted by molar-refractivity contribution is -0.929. The first-order chi connectivity index (χ1) is 16.0. The van der Waals surface area contributed by atoms with Gasteiger partial charge in [0, 0.05) is 5.57 Å². The first-order valence-corrected chi connectivity index (χ1v) is 14.7. The van der Waals surface area contributed by atoms with Crippen molar-refractivity contribution in [3.8, 4) is 0 Å². The molecule has 0 rings (SSSR count). The van der Waals surface area contributed by atoms with Crippen molar-refractivity contribution in [2.24, 2.45) is 0 Å². The molecular weight excluding hydrogens is 406 g/mol. The highest BCUT2D eigenvalue weighted by molar-refractivity contribution is 5.86. The lowest BCUT2D eigenvalue weighted by Crippen LogP contribution is -2.52. The summed E-state index contributed by atoms with van der Waals surface area (Å²) in [6.07, 6.45) is 24.4. The van der Waals surface area contributed by atoms with Crippen LogP contribution in [0.1, 0.15) is 143 Å². The second kappa shape index (κ2) is 22.9. The van der Waals surface area contributed by atoms with Crippen molar-refractivity contribution in [2.45, 2.75) is 143 Å². The Morgan fingerprint density at radius 2 is 0.939 bits per heavy atom. The minimum atomic E-state index is -0.234. The SMILES string of the molecule is C=C(C)C(=O)OCC[N+](CCCC)(CCCCCCCCCC)CCCCCCCCCC. The number of hydrogen-bond donors (Lipinski definition) is 0. The Morgan fingerprint density at radius 1 is 0.576 bits per heavy atom. The van der Waals surface area contributed by atoms with E-state index in [9.17, 15) is 4.79 Å². The normalized spacial score (nSPS) is 11.6. The first kappa shape index (κ1) is 32.2.